The first-order chi connectivity index (χ1) is 16.2. The van der Waals surface area contributed by atoms with Crippen LogP contribution in [0.3, 0.4) is 0 Å². The second-order valence-electron chi connectivity index (χ2n) is 11.4. The molecule has 2 aromatic rings. The van der Waals surface area contributed by atoms with Crippen LogP contribution in [0.25, 0.3) is 11.1 Å². The smallest absolute Gasteiger partial charge is 0.0184 e. The number of rotatable bonds is 10. The minimum atomic E-state index is 0.964. The van der Waals surface area contributed by atoms with E-state index in [9.17, 15) is 0 Å². The van der Waals surface area contributed by atoms with E-state index >= 15 is 0 Å². The molecule has 0 spiro atoms. The van der Waals surface area contributed by atoms with Gasteiger partial charge in [0.25, 0.3) is 0 Å². The van der Waals surface area contributed by atoms with Gasteiger partial charge in [0.15, 0.2) is 0 Å². The van der Waals surface area contributed by atoms with Gasteiger partial charge in [0.2, 0.25) is 0 Å². The maximum atomic E-state index is 2.37. The molecule has 0 heteroatoms. The SMILES string of the molecule is CCC[C@H]1CC[C@H](CCc2ccc(-c3ccc(CC[C@H]4CC[C@H](CC)CC4)cc3)cc2)CC1. The quantitative estimate of drug-likeness (QED) is 0.342. The van der Waals surface area contributed by atoms with Crippen LogP contribution in [0.1, 0.15) is 108 Å². The van der Waals surface area contributed by atoms with Crippen LogP contribution in [0.4, 0.5) is 0 Å². The first-order valence-electron chi connectivity index (χ1n) is 14.4. The first-order valence-corrected chi connectivity index (χ1v) is 14.4. The van der Waals surface area contributed by atoms with Crippen LogP contribution in [0.5, 0.6) is 0 Å². The van der Waals surface area contributed by atoms with Crippen molar-refractivity contribution in [3.63, 3.8) is 0 Å². The molecule has 0 bridgehead atoms. The molecule has 0 aromatic heterocycles. The first kappa shape index (κ1) is 24.6. The molecular weight excluding hydrogens is 396 g/mol. The fourth-order valence-corrected chi connectivity index (χ4v) is 6.61. The monoisotopic (exact) mass is 444 g/mol. The number of hydrogen-bond acceptors (Lipinski definition) is 0. The van der Waals surface area contributed by atoms with Gasteiger partial charge in [-0.05, 0) is 71.6 Å². The highest BCUT2D eigenvalue weighted by atomic mass is 14.3. The van der Waals surface area contributed by atoms with Crippen LogP contribution in [-0.4, -0.2) is 0 Å². The van der Waals surface area contributed by atoms with E-state index in [1.807, 2.05) is 0 Å². The molecule has 33 heavy (non-hydrogen) atoms. The molecule has 0 radical (unpaired) electrons. The van der Waals surface area contributed by atoms with E-state index in [-0.39, 0.29) is 0 Å². The fraction of sp³-hybridized carbons (Fsp3) is 0.636. The molecule has 4 rings (SSSR count). The molecule has 0 atom stereocenters. The van der Waals surface area contributed by atoms with Crippen LogP contribution in [0, 0.1) is 23.7 Å². The van der Waals surface area contributed by atoms with Crippen LogP contribution in [-0.2, 0) is 12.8 Å². The summed E-state index contributed by atoms with van der Waals surface area (Å²) in [5, 5.41) is 0. The Hall–Kier alpha value is -1.56. The lowest BCUT2D eigenvalue weighted by Crippen LogP contribution is -2.15. The maximum Gasteiger partial charge on any atom is -0.0184 e. The zero-order valence-electron chi connectivity index (χ0n) is 21.5. The lowest BCUT2D eigenvalue weighted by Gasteiger charge is -2.28. The standard InChI is InChI=1S/C33H48/c1-3-5-27-10-12-29(13-11-27)15-17-31-20-24-33(25-21-31)32-22-18-30(19-23-32)16-14-28-8-6-26(4-2)7-9-28/h18-29H,3-17H2,1-2H3/t26-,27-,28-,29-. The predicted molar refractivity (Wildman–Crippen MR) is 145 cm³/mol. The summed E-state index contributed by atoms with van der Waals surface area (Å²) >= 11 is 0. The van der Waals surface area contributed by atoms with Crippen LogP contribution >= 0.6 is 0 Å². The van der Waals surface area contributed by atoms with Crippen LogP contribution in [0.15, 0.2) is 48.5 Å². The summed E-state index contributed by atoms with van der Waals surface area (Å²) in [6.45, 7) is 4.70. The third kappa shape index (κ3) is 7.46. The fourth-order valence-electron chi connectivity index (χ4n) is 6.61. The Balaban J connectivity index is 1.20. The molecular formula is C33H48. The van der Waals surface area contributed by atoms with E-state index in [4.69, 9.17) is 0 Å². The molecule has 0 heterocycles. The normalized spacial score (nSPS) is 25.8. The zero-order valence-corrected chi connectivity index (χ0v) is 21.5. The molecule has 0 saturated heterocycles. The van der Waals surface area contributed by atoms with Gasteiger partial charge in [-0.2, -0.15) is 0 Å². The van der Waals surface area contributed by atoms with Crippen molar-refractivity contribution in [2.24, 2.45) is 23.7 Å². The van der Waals surface area contributed by atoms with Gasteiger partial charge in [-0.25, -0.2) is 0 Å². The van der Waals surface area contributed by atoms with Gasteiger partial charge in [0, 0.05) is 0 Å². The second-order valence-corrected chi connectivity index (χ2v) is 11.4. The van der Waals surface area contributed by atoms with Crippen molar-refractivity contribution < 1.29 is 0 Å². The van der Waals surface area contributed by atoms with Gasteiger partial charge in [-0.15, -0.1) is 0 Å². The second kappa shape index (κ2) is 12.8. The van der Waals surface area contributed by atoms with Crippen molar-refractivity contribution in [1.82, 2.24) is 0 Å². The third-order valence-corrected chi connectivity index (χ3v) is 9.13. The minimum absolute atomic E-state index is 0.964. The molecule has 0 N–H and O–H groups in total. The van der Waals surface area contributed by atoms with Gasteiger partial charge < -0.3 is 0 Å². The Bertz CT molecular complexity index is 783. The predicted octanol–water partition coefficient (Wildman–Crippen LogP) is 10.0. The van der Waals surface area contributed by atoms with Crippen LogP contribution in [0.2, 0.25) is 0 Å². The number of aryl methyl sites for hydroxylation is 2. The van der Waals surface area contributed by atoms with Gasteiger partial charge in [0.05, 0.1) is 0 Å². The van der Waals surface area contributed by atoms with Crippen molar-refractivity contribution >= 4 is 0 Å². The van der Waals surface area contributed by atoms with Crippen molar-refractivity contribution in [2.75, 3.05) is 0 Å². The highest BCUT2D eigenvalue weighted by molar-refractivity contribution is 5.64. The van der Waals surface area contributed by atoms with Gasteiger partial charge in [-0.3, -0.25) is 0 Å². The molecule has 2 aliphatic carbocycles. The molecule has 2 aliphatic rings. The lowest BCUT2D eigenvalue weighted by atomic mass is 9.78. The highest BCUT2D eigenvalue weighted by Gasteiger charge is 2.21. The Kier molecular flexibility index (Phi) is 9.51. The van der Waals surface area contributed by atoms with Gasteiger partial charge >= 0.3 is 0 Å². The summed E-state index contributed by atoms with van der Waals surface area (Å²) in [6, 6.07) is 18.9. The Labute approximate surface area is 204 Å². The molecule has 0 amide bonds. The molecule has 2 aromatic carbocycles. The zero-order chi connectivity index (χ0) is 22.9. The number of hydrogen-bond donors (Lipinski definition) is 0. The number of benzene rings is 2. The molecule has 180 valence electrons. The Morgan fingerprint density at radius 3 is 1.21 bits per heavy atom. The highest BCUT2D eigenvalue weighted by Crippen LogP contribution is 2.35. The molecule has 2 fully saturated rings. The summed E-state index contributed by atoms with van der Waals surface area (Å²) in [5.74, 6) is 3.97. The average molecular weight is 445 g/mol. The van der Waals surface area contributed by atoms with E-state index in [0.717, 1.165) is 23.7 Å². The van der Waals surface area contributed by atoms with E-state index in [1.54, 1.807) is 0 Å². The van der Waals surface area contributed by atoms with Gasteiger partial charge in [0.1, 0.15) is 0 Å². The lowest BCUT2D eigenvalue weighted by molar-refractivity contribution is 0.252. The molecule has 0 nitrogen and oxygen atoms in total. The largest absolute Gasteiger partial charge is 0.0654 e. The minimum Gasteiger partial charge on any atom is -0.0654 e. The van der Waals surface area contributed by atoms with Gasteiger partial charge in [-0.1, -0.05) is 133 Å². The summed E-state index contributed by atoms with van der Waals surface area (Å²) in [5.41, 5.74) is 5.76. The Morgan fingerprint density at radius 1 is 0.485 bits per heavy atom. The van der Waals surface area contributed by atoms with E-state index in [2.05, 4.69) is 62.4 Å². The maximum absolute atomic E-state index is 2.37. The van der Waals surface area contributed by atoms with Crippen molar-refractivity contribution in [1.29, 1.82) is 0 Å². The molecule has 0 aliphatic heterocycles. The average Bonchev–Trinajstić information content (AvgIpc) is 2.88. The summed E-state index contributed by atoms with van der Waals surface area (Å²) < 4.78 is 0. The van der Waals surface area contributed by atoms with E-state index < -0.39 is 0 Å². The summed E-state index contributed by atoms with van der Waals surface area (Å²) in [6.07, 6.45) is 21.2. The van der Waals surface area contributed by atoms with E-state index in [0.29, 0.717) is 0 Å². The summed E-state index contributed by atoms with van der Waals surface area (Å²) in [7, 11) is 0. The summed E-state index contributed by atoms with van der Waals surface area (Å²) in [4.78, 5) is 0. The van der Waals surface area contributed by atoms with Crippen molar-refractivity contribution in [3.8, 4) is 11.1 Å². The topological polar surface area (TPSA) is 0 Å². The van der Waals surface area contributed by atoms with Crippen molar-refractivity contribution in [3.05, 3.63) is 59.7 Å². The Morgan fingerprint density at radius 2 is 0.848 bits per heavy atom. The third-order valence-electron chi connectivity index (χ3n) is 9.13. The van der Waals surface area contributed by atoms with Crippen LogP contribution < -0.4 is 0 Å². The van der Waals surface area contributed by atoms with E-state index in [1.165, 1.54) is 119 Å². The molecule has 0 unspecified atom stereocenters. The van der Waals surface area contributed by atoms with Crippen molar-refractivity contribution in [2.45, 2.75) is 110 Å². The molecule has 2 saturated carbocycles.